The molecule has 1 heterocycles. The highest BCUT2D eigenvalue weighted by molar-refractivity contribution is 7.89. The molecule has 0 aromatic heterocycles. The maximum atomic E-state index is 12.7. The average Bonchev–Trinajstić information content (AvgIpc) is 2.60. The van der Waals surface area contributed by atoms with Gasteiger partial charge >= 0.3 is 0 Å². The number of nitrogens with zero attached hydrogens (tertiary/aromatic N) is 2. The van der Waals surface area contributed by atoms with E-state index < -0.39 is 10.0 Å². The highest BCUT2D eigenvalue weighted by atomic mass is 32.2. The monoisotopic (exact) mass is 368 g/mol. The van der Waals surface area contributed by atoms with E-state index in [4.69, 9.17) is 4.74 Å². The molecule has 1 aromatic carbocycles. The molecular weight excluding hydrogens is 340 g/mol. The van der Waals surface area contributed by atoms with Gasteiger partial charge in [0.25, 0.3) is 0 Å². The number of piperazine rings is 1. The lowest BCUT2D eigenvalue weighted by atomic mass is 10.1. The second-order valence-electron chi connectivity index (χ2n) is 6.62. The molecule has 2 rings (SSSR count). The van der Waals surface area contributed by atoms with E-state index >= 15 is 0 Å². The van der Waals surface area contributed by atoms with Crippen molar-refractivity contribution < 1.29 is 17.9 Å². The molecule has 0 unspecified atom stereocenters. The minimum atomic E-state index is -3.53. The molecule has 1 amide bonds. The van der Waals surface area contributed by atoms with Gasteiger partial charge in [-0.15, -0.1) is 0 Å². The summed E-state index contributed by atoms with van der Waals surface area (Å²) in [5.41, 5.74) is 0. The van der Waals surface area contributed by atoms with Crippen molar-refractivity contribution in [3.05, 3.63) is 24.3 Å². The van der Waals surface area contributed by atoms with Crippen LogP contribution in [0.3, 0.4) is 0 Å². The van der Waals surface area contributed by atoms with E-state index in [2.05, 4.69) is 13.8 Å². The average molecular weight is 368 g/mol. The van der Waals surface area contributed by atoms with Gasteiger partial charge in [0.05, 0.1) is 11.5 Å². The minimum absolute atomic E-state index is 0.117. The molecule has 25 heavy (non-hydrogen) atoms. The first-order valence-corrected chi connectivity index (χ1v) is 10.3. The quantitative estimate of drug-likeness (QED) is 0.741. The summed E-state index contributed by atoms with van der Waals surface area (Å²) in [6.45, 7) is 8.18. The molecule has 7 heteroatoms. The van der Waals surface area contributed by atoms with Crippen LogP contribution >= 0.6 is 0 Å². The van der Waals surface area contributed by atoms with Crippen LogP contribution in [0, 0.1) is 5.92 Å². The third kappa shape index (κ3) is 5.19. The molecular formula is C18H28N2O4S. The maximum Gasteiger partial charge on any atom is 0.243 e. The predicted octanol–water partition coefficient (Wildman–Crippen LogP) is 2.35. The third-order valence-electron chi connectivity index (χ3n) is 4.30. The first-order valence-electron chi connectivity index (χ1n) is 8.85. The number of carbonyl (C=O) groups excluding carboxylic acids is 1. The Balaban J connectivity index is 1.95. The summed E-state index contributed by atoms with van der Waals surface area (Å²) in [6, 6.07) is 6.48. The van der Waals surface area contributed by atoms with Crippen molar-refractivity contribution in [3.8, 4) is 5.75 Å². The Bertz CT molecular complexity index is 663. The molecule has 0 radical (unpaired) electrons. The van der Waals surface area contributed by atoms with Gasteiger partial charge in [-0.1, -0.05) is 13.8 Å². The first kappa shape index (κ1) is 19.7. The van der Waals surface area contributed by atoms with E-state index in [-0.39, 0.29) is 10.8 Å². The number of carbonyl (C=O) groups is 1. The molecule has 6 nitrogen and oxygen atoms in total. The molecule has 0 N–H and O–H groups in total. The van der Waals surface area contributed by atoms with Gasteiger partial charge in [-0.3, -0.25) is 4.79 Å². The van der Waals surface area contributed by atoms with Crippen LogP contribution in [0.15, 0.2) is 29.2 Å². The topological polar surface area (TPSA) is 66.9 Å². The maximum absolute atomic E-state index is 12.7. The molecule has 0 saturated carbocycles. The lowest BCUT2D eigenvalue weighted by Crippen LogP contribution is -2.50. The zero-order valence-electron chi connectivity index (χ0n) is 15.3. The molecule has 1 saturated heterocycles. The van der Waals surface area contributed by atoms with Crippen LogP contribution in [0.4, 0.5) is 0 Å². The van der Waals surface area contributed by atoms with Crippen molar-refractivity contribution >= 4 is 15.9 Å². The van der Waals surface area contributed by atoms with Crippen LogP contribution in [0.5, 0.6) is 5.75 Å². The van der Waals surface area contributed by atoms with E-state index in [0.717, 1.165) is 6.42 Å². The standard InChI is InChI=1S/C18H28N2O4S/c1-4-24-16-6-8-17(9-7-16)25(22,23)20-13-11-19(12-14-20)18(21)10-5-15(2)3/h6-9,15H,4-5,10-14H2,1-3H3. The SMILES string of the molecule is CCOc1ccc(S(=O)(=O)N2CCN(C(=O)CCC(C)C)CC2)cc1. The smallest absolute Gasteiger partial charge is 0.243 e. The number of rotatable bonds is 7. The molecule has 0 spiro atoms. The van der Waals surface area contributed by atoms with Gasteiger partial charge in [-0.05, 0) is 43.5 Å². The summed E-state index contributed by atoms with van der Waals surface area (Å²) in [7, 11) is -3.53. The summed E-state index contributed by atoms with van der Waals surface area (Å²) in [5.74, 6) is 1.26. The molecule has 140 valence electrons. The molecule has 0 bridgehead atoms. The highest BCUT2D eigenvalue weighted by Crippen LogP contribution is 2.21. The van der Waals surface area contributed by atoms with Crippen molar-refractivity contribution in [2.45, 2.75) is 38.5 Å². The van der Waals surface area contributed by atoms with Crippen molar-refractivity contribution in [2.75, 3.05) is 32.8 Å². The van der Waals surface area contributed by atoms with Gasteiger partial charge < -0.3 is 9.64 Å². The Morgan fingerprint density at radius 1 is 1.12 bits per heavy atom. The summed E-state index contributed by atoms with van der Waals surface area (Å²) >= 11 is 0. The molecule has 1 aliphatic rings. The number of amides is 1. The lowest BCUT2D eigenvalue weighted by molar-refractivity contribution is -0.132. The van der Waals surface area contributed by atoms with Crippen LogP contribution in [0.1, 0.15) is 33.6 Å². The van der Waals surface area contributed by atoms with Crippen molar-refractivity contribution in [3.63, 3.8) is 0 Å². The zero-order chi connectivity index (χ0) is 18.4. The van der Waals surface area contributed by atoms with Gasteiger partial charge in [0.1, 0.15) is 5.75 Å². The fourth-order valence-electron chi connectivity index (χ4n) is 2.77. The van der Waals surface area contributed by atoms with Gasteiger partial charge in [0.2, 0.25) is 15.9 Å². The van der Waals surface area contributed by atoms with Crippen molar-refractivity contribution in [1.29, 1.82) is 0 Å². The zero-order valence-corrected chi connectivity index (χ0v) is 16.1. The Morgan fingerprint density at radius 2 is 1.72 bits per heavy atom. The van der Waals surface area contributed by atoms with Crippen LogP contribution in [0.25, 0.3) is 0 Å². The number of benzene rings is 1. The molecule has 1 aromatic rings. The molecule has 1 aliphatic heterocycles. The number of ether oxygens (including phenoxy) is 1. The second-order valence-corrected chi connectivity index (χ2v) is 8.56. The molecule has 1 fully saturated rings. The van der Waals surface area contributed by atoms with Crippen LogP contribution < -0.4 is 4.74 Å². The Labute approximate surface area is 150 Å². The van der Waals surface area contributed by atoms with Gasteiger partial charge in [-0.25, -0.2) is 8.42 Å². The Kier molecular flexibility index (Phi) is 6.84. The van der Waals surface area contributed by atoms with E-state index in [1.165, 1.54) is 4.31 Å². The lowest BCUT2D eigenvalue weighted by Gasteiger charge is -2.34. The van der Waals surface area contributed by atoms with Crippen LogP contribution in [-0.4, -0.2) is 56.3 Å². The molecule has 0 aliphatic carbocycles. The van der Waals surface area contributed by atoms with Crippen LogP contribution in [0.2, 0.25) is 0 Å². The fraction of sp³-hybridized carbons (Fsp3) is 0.611. The second kappa shape index (κ2) is 8.67. The number of sulfonamides is 1. The van der Waals surface area contributed by atoms with Crippen molar-refractivity contribution in [2.24, 2.45) is 5.92 Å². The highest BCUT2D eigenvalue weighted by Gasteiger charge is 2.29. The van der Waals surface area contributed by atoms with Gasteiger partial charge in [0.15, 0.2) is 0 Å². The van der Waals surface area contributed by atoms with Crippen LogP contribution in [-0.2, 0) is 14.8 Å². The largest absolute Gasteiger partial charge is 0.494 e. The fourth-order valence-corrected chi connectivity index (χ4v) is 4.19. The molecule has 0 atom stereocenters. The summed E-state index contributed by atoms with van der Waals surface area (Å²) < 4.78 is 32.3. The van der Waals surface area contributed by atoms with Gasteiger partial charge in [0, 0.05) is 32.6 Å². The number of hydrogen-bond donors (Lipinski definition) is 0. The van der Waals surface area contributed by atoms with Gasteiger partial charge in [-0.2, -0.15) is 4.31 Å². The predicted molar refractivity (Wildman–Crippen MR) is 97.0 cm³/mol. The minimum Gasteiger partial charge on any atom is -0.494 e. The summed E-state index contributed by atoms with van der Waals surface area (Å²) in [4.78, 5) is 14.2. The summed E-state index contributed by atoms with van der Waals surface area (Å²) in [6.07, 6.45) is 1.40. The van der Waals surface area contributed by atoms with Crippen molar-refractivity contribution in [1.82, 2.24) is 9.21 Å². The van der Waals surface area contributed by atoms with E-state index in [9.17, 15) is 13.2 Å². The first-order chi connectivity index (χ1) is 11.8. The Morgan fingerprint density at radius 3 is 2.24 bits per heavy atom. The summed E-state index contributed by atoms with van der Waals surface area (Å²) in [5, 5.41) is 0. The third-order valence-corrected chi connectivity index (χ3v) is 6.21. The van der Waals surface area contributed by atoms with E-state index in [1.807, 2.05) is 6.92 Å². The van der Waals surface area contributed by atoms with E-state index in [0.29, 0.717) is 50.9 Å². The number of hydrogen-bond acceptors (Lipinski definition) is 4. The Hall–Kier alpha value is -1.60. The van der Waals surface area contributed by atoms with E-state index in [1.54, 1.807) is 29.2 Å². The normalized spacial score (nSPS) is 16.2.